The highest BCUT2D eigenvalue weighted by atomic mass is 35.5. The Labute approximate surface area is 106 Å². The molecule has 1 aromatic heterocycles. The quantitative estimate of drug-likeness (QED) is 0.849. The van der Waals surface area contributed by atoms with Crippen LogP contribution in [0.5, 0.6) is 0 Å². The highest BCUT2D eigenvalue weighted by molar-refractivity contribution is 6.21. The minimum atomic E-state index is -0.0134. The van der Waals surface area contributed by atoms with E-state index in [0.717, 1.165) is 16.9 Å². The van der Waals surface area contributed by atoms with Crippen molar-refractivity contribution in [3.05, 3.63) is 41.7 Å². The Kier molecular flexibility index (Phi) is 3.64. The zero-order valence-electron chi connectivity index (χ0n) is 9.89. The molecule has 0 saturated carbocycles. The Hall–Kier alpha value is -1.55. The number of anilines is 1. The van der Waals surface area contributed by atoms with Crippen LogP contribution in [0.2, 0.25) is 0 Å². The van der Waals surface area contributed by atoms with E-state index in [4.69, 9.17) is 11.6 Å². The van der Waals surface area contributed by atoms with Gasteiger partial charge in [0.05, 0.1) is 11.9 Å². The van der Waals surface area contributed by atoms with Crippen molar-refractivity contribution < 1.29 is 0 Å². The fourth-order valence-corrected chi connectivity index (χ4v) is 1.86. The van der Waals surface area contributed by atoms with Crippen molar-refractivity contribution in [2.45, 2.75) is 18.8 Å². The second kappa shape index (κ2) is 5.19. The van der Waals surface area contributed by atoms with Crippen molar-refractivity contribution in [1.82, 2.24) is 15.0 Å². The molecule has 0 fully saturated rings. The Balaban J connectivity index is 2.08. The Morgan fingerprint density at radius 1 is 1.41 bits per heavy atom. The summed E-state index contributed by atoms with van der Waals surface area (Å²) < 4.78 is 1.69. The van der Waals surface area contributed by atoms with Crippen LogP contribution in [0, 0.1) is 0 Å². The van der Waals surface area contributed by atoms with Crippen LogP contribution in [-0.4, -0.2) is 15.0 Å². The molecule has 0 bridgehead atoms. The SMILES string of the molecule is CC(Cl)c1ccccc1NCc1cn(C)nn1. The first-order chi connectivity index (χ1) is 8.16. The third kappa shape index (κ3) is 2.97. The van der Waals surface area contributed by atoms with Gasteiger partial charge in [-0.15, -0.1) is 16.7 Å². The molecule has 0 amide bonds. The van der Waals surface area contributed by atoms with Crippen LogP contribution in [0.4, 0.5) is 5.69 Å². The average Bonchev–Trinajstić information content (AvgIpc) is 2.73. The van der Waals surface area contributed by atoms with E-state index in [-0.39, 0.29) is 5.38 Å². The van der Waals surface area contributed by atoms with Gasteiger partial charge >= 0.3 is 0 Å². The van der Waals surface area contributed by atoms with Crippen molar-refractivity contribution in [1.29, 1.82) is 0 Å². The number of hydrogen-bond donors (Lipinski definition) is 1. The number of nitrogens with zero attached hydrogens (tertiary/aromatic N) is 3. The van der Waals surface area contributed by atoms with E-state index in [1.54, 1.807) is 4.68 Å². The minimum absolute atomic E-state index is 0.0134. The molecule has 1 heterocycles. The van der Waals surface area contributed by atoms with Gasteiger partial charge in [0.15, 0.2) is 0 Å². The van der Waals surface area contributed by atoms with Crippen molar-refractivity contribution in [2.75, 3.05) is 5.32 Å². The first kappa shape index (κ1) is 11.9. The van der Waals surface area contributed by atoms with E-state index in [2.05, 4.69) is 15.6 Å². The van der Waals surface area contributed by atoms with Crippen molar-refractivity contribution in [2.24, 2.45) is 7.05 Å². The molecular weight excluding hydrogens is 236 g/mol. The van der Waals surface area contributed by atoms with Crippen LogP contribution in [0.1, 0.15) is 23.6 Å². The highest BCUT2D eigenvalue weighted by Gasteiger charge is 2.07. The Morgan fingerprint density at radius 3 is 2.82 bits per heavy atom. The Morgan fingerprint density at radius 2 is 2.18 bits per heavy atom. The van der Waals surface area contributed by atoms with Crippen LogP contribution < -0.4 is 5.32 Å². The summed E-state index contributed by atoms with van der Waals surface area (Å²) in [4.78, 5) is 0. The van der Waals surface area contributed by atoms with Crippen LogP contribution in [-0.2, 0) is 13.6 Å². The lowest BCUT2D eigenvalue weighted by Gasteiger charge is -2.12. The number of benzene rings is 1. The summed E-state index contributed by atoms with van der Waals surface area (Å²) in [5, 5.41) is 11.2. The normalized spacial score (nSPS) is 12.4. The van der Waals surface area contributed by atoms with Gasteiger partial charge in [-0.1, -0.05) is 23.4 Å². The monoisotopic (exact) mass is 250 g/mol. The fraction of sp³-hybridized carbons (Fsp3) is 0.333. The fourth-order valence-electron chi connectivity index (χ4n) is 1.67. The second-order valence-electron chi connectivity index (χ2n) is 3.94. The summed E-state index contributed by atoms with van der Waals surface area (Å²) in [6.45, 7) is 2.61. The van der Waals surface area contributed by atoms with Gasteiger partial charge in [0.1, 0.15) is 5.69 Å². The summed E-state index contributed by atoms with van der Waals surface area (Å²) in [7, 11) is 1.85. The molecule has 0 aliphatic rings. The molecule has 0 radical (unpaired) electrons. The summed E-state index contributed by atoms with van der Waals surface area (Å²) in [6.07, 6.45) is 1.89. The zero-order chi connectivity index (χ0) is 12.3. The molecule has 17 heavy (non-hydrogen) atoms. The van der Waals surface area contributed by atoms with E-state index >= 15 is 0 Å². The van der Waals surface area contributed by atoms with Gasteiger partial charge in [0, 0.05) is 18.9 Å². The average molecular weight is 251 g/mol. The third-order valence-electron chi connectivity index (χ3n) is 2.50. The van der Waals surface area contributed by atoms with Crippen molar-refractivity contribution in [3.63, 3.8) is 0 Å². The van der Waals surface area contributed by atoms with E-state index in [1.165, 1.54) is 0 Å². The van der Waals surface area contributed by atoms with Gasteiger partial charge in [0.25, 0.3) is 0 Å². The van der Waals surface area contributed by atoms with E-state index in [0.29, 0.717) is 6.54 Å². The third-order valence-corrected chi connectivity index (χ3v) is 2.73. The lowest BCUT2D eigenvalue weighted by molar-refractivity contribution is 0.713. The van der Waals surface area contributed by atoms with E-state index in [9.17, 15) is 0 Å². The number of hydrogen-bond acceptors (Lipinski definition) is 3. The number of aromatic nitrogens is 3. The molecule has 4 nitrogen and oxygen atoms in total. The zero-order valence-corrected chi connectivity index (χ0v) is 10.6. The summed E-state index contributed by atoms with van der Waals surface area (Å²) in [5.41, 5.74) is 3.04. The van der Waals surface area contributed by atoms with Crippen LogP contribution >= 0.6 is 11.6 Å². The van der Waals surface area contributed by atoms with Gasteiger partial charge in [0.2, 0.25) is 0 Å². The first-order valence-electron chi connectivity index (χ1n) is 5.49. The lowest BCUT2D eigenvalue weighted by atomic mass is 10.1. The molecule has 0 aliphatic carbocycles. The second-order valence-corrected chi connectivity index (χ2v) is 4.60. The minimum Gasteiger partial charge on any atom is -0.379 e. The van der Waals surface area contributed by atoms with Crippen LogP contribution in [0.3, 0.4) is 0 Å². The molecule has 1 atom stereocenters. The van der Waals surface area contributed by atoms with Gasteiger partial charge in [-0.05, 0) is 18.6 Å². The molecular formula is C12H15ClN4. The Bertz CT molecular complexity index is 493. The maximum absolute atomic E-state index is 6.12. The molecule has 0 saturated heterocycles. The molecule has 1 aromatic carbocycles. The molecule has 2 rings (SSSR count). The number of aryl methyl sites for hydroxylation is 1. The molecule has 0 spiro atoms. The number of para-hydroxylation sites is 1. The maximum Gasteiger partial charge on any atom is 0.102 e. The molecule has 5 heteroatoms. The maximum atomic E-state index is 6.12. The van der Waals surface area contributed by atoms with Gasteiger partial charge in [-0.2, -0.15) is 0 Å². The predicted octanol–water partition coefficient (Wildman–Crippen LogP) is 2.73. The number of alkyl halides is 1. The molecule has 90 valence electrons. The molecule has 1 N–H and O–H groups in total. The molecule has 1 unspecified atom stereocenters. The van der Waals surface area contributed by atoms with Crippen LogP contribution in [0.25, 0.3) is 0 Å². The summed E-state index contributed by atoms with van der Waals surface area (Å²) in [6, 6.07) is 8.02. The summed E-state index contributed by atoms with van der Waals surface area (Å²) >= 11 is 6.12. The predicted molar refractivity (Wildman–Crippen MR) is 69.0 cm³/mol. The standard InChI is InChI=1S/C12H15ClN4/c1-9(13)11-5-3-4-6-12(11)14-7-10-8-17(2)16-15-10/h3-6,8-9,14H,7H2,1-2H3. The summed E-state index contributed by atoms with van der Waals surface area (Å²) in [5.74, 6) is 0. The van der Waals surface area contributed by atoms with Gasteiger partial charge in [-0.25, -0.2) is 0 Å². The van der Waals surface area contributed by atoms with Crippen molar-refractivity contribution in [3.8, 4) is 0 Å². The van der Waals surface area contributed by atoms with Gasteiger partial charge in [-0.3, -0.25) is 4.68 Å². The number of rotatable bonds is 4. The lowest BCUT2D eigenvalue weighted by Crippen LogP contribution is -2.03. The smallest absolute Gasteiger partial charge is 0.102 e. The molecule has 0 aliphatic heterocycles. The van der Waals surface area contributed by atoms with Gasteiger partial charge < -0.3 is 5.32 Å². The topological polar surface area (TPSA) is 42.7 Å². The number of nitrogens with one attached hydrogen (secondary N) is 1. The molecule has 2 aromatic rings. The largest absolute Gasteiger partial charge is 0.379 e. The number of halogens is 1. The van der Waals surface area contributed by atoms with Crippen LogP contribution in [0.15, 0.2) is 30.5 Å². The van der Waals surface area contributed by atoms with E-state index in [1.807, 2.05) is 44.4 Å². The highest BCUT2D eigenvalue weighted by Crippen LogP contribution is 2.27. The van der Waals surface area contributed by atoms with Crippen molar-refractivity contribution >= 4 is 17.3 Å². The first-order valence-corrected chi connectivity index (χ1v) is 5.92. The van der Waals surface area contributed by atoms with E-state index < -0.39 is 0 Å².